The fraction of sp³-hybridized carbons (Fsp3) is 0.318. The van der Waals surface area contributed by atoms with E-state index in [2.05, 4.69) is 4.99 Å². The van der Waals surface area contributed by atoms with Gasteiger partial charge in [0.25, 0.3) is 0 Å². The molecule has 3 rings (SSSR count). The van der Waals surface area contributed by atoms with Gasteiger partial charge in [0.2, 0.25) is 0 Å². The summed E-state index contributed by atoms with van der Waals surface area (Å²) in [5, 5.41) is 9.83. The molecule has 1 aliphatic rings. The smallest absolute Gasteiger partial charge is 0.328 e. The molecule has 0 spiro atoms. The minimum Gasteiger partial charge on any atom is -0.480 e. The van der Waals surface area contributed by atoms with Crippen LogP contribution in [-0.4, -0.2) is 28.6 Å². The third-order valence-corrected chi connectivity index (χ3v) is 4.83. The van der Waals surface area contributed by atoms with Crippen LogP contribution in [0.2, 0.25) is 0 Å². The fourth-order valence-corrected chi connectivity index (χ4v) is 3.50. The van der Waals surface area contributed by atoms with Crippen LogP contribution in [-0.2, 0) is 9.59 Å². The second-order valence-corrected chi connectivity index (χ2v) is 6.74. The lowest BCUT2D eigenvalue weighted by molar-refractivity contribution is -0.140. The van der Waals surface area contributed by atoms with E-state index in [0.717, 1.165) is 30.4 Å². The van der Waals surface area contributed by atoms with Gasteiger partial charge in [0.05, 0.1) is 5.71 Å². The van der Waals surface area contributed by atoms with Crippen molar-refractivity contribution in [2.24, 2.45) is 10.9 Å². The van der Waals surface area contributed by atoms with E-state index in [1.165, 1.54) is 0 Å². The lowest BCUT2D eigenvalue weighted by Crippen LogP contribution is -2.30. The first-order valence-electron chi connectivity index (χ1n) is 9.08. The molecule has 0 saturated heterocycles. The number of hydrogen-bond donors (Lipinski definition) is 1. The molecule has 0 amide bonds. The average Bonchev–Trinajstić information content (AvgIpc) is 2.88. The minimum atomic E-state index is -0.964. The molecule has 0 bridgehead atoms. The molecule has 2 aromatic carbocycles. The van der Waals surface area contributed by atoms with Crippen molar-refractivity contribution in [3.05, 3.63) is 71.8 Å². The van der Waals surface area contributed by atoms with Crippen molar-refractivity contribution in [2.75, 3.05) is 0 Å². The van der Waals surface area contributed by atoms with Gasteiger partial charge in [-0.05, 0) is 18.8 Å². The van der Waals surface area contributed by atoms with Gasteiger partial charge in [-0.25, -0.2) is 4.79 Å². The van der Waals surface area contributed by atoms with Crippen LogP contribution < -0.4 is 0 Å². The van der Waals surface area contributed by atoms with Gasteiger partial charge < -0.3 is 5.11 Å². The molecule has 134 valence electrons. The van der Waals surface area contributed by atoms with E-state index >= 15 is 0 Å². The molecule has 4 nitrogen and oxygen atoms in total. The number of aliphatic imine (C=N–C) groups is 1. The zero-order valence-corrected chi connectivity index (χ0v) is 14.7. The second kappa shape index (κ2) is 8.56. The molecular formula is C22H23NO3. The summed E-state index contributed by atoms with van der Waals surface area (Å²) in [5.74, 6) is -1.06. The summed E-state index contributed by atoms with van der Waals surface area (Å²) in [6.07, 6.45) is 3.30. The molecule has 0 aliphatic heterocycles. The molecule has 0 radical (unpaired) electrons. The van der Waals surface area contributed by atoms with Crippen LogP contribution in [0.1, 0.15) is 43.2 Å². The summed E-state index contributed by atoms with van der Waals surface area (Å²) >= 11 is 0. The fourth-order valence-electron chi connectivity index (χ4n) is 3.50. The average molecular weight is 349 g/mol. The van der Waals surface area contributed by atoms with Crippen LogP contribution in [0.25, 0.3) is 0 Å². The lowest BCUT2D eigenvalue weighted by Gasteiger charge is -2.20. The maximum absolute atomic E-state index is 12.0. The Bertz CT molecular complexity index is 742. The summed E-state index contributed by atoms with van der Waals surface area (Å²) in [5.41, 5.74) is 2.42. The van der Waals surface area contributed by atoms with Crippen LogP contribution >= 0.6 is 0 Å². The minimum absolute atomic E-state index is 0.148. The number of carbonyl (C=O) groups is 2. The van der Waals surface area contributed by atoms with Crippen LogP contribution in [0.4, 0.5) is 0 Å². The first kappa shape index (κ1) is 18.1. The van der Waals surface area contributed by atoms with Gasteiger partial charge in [-0.15, -0.1) is 0 Å². The molecule has 4 heteroatoms. The highest BCUT2D eigenvalue weighted by molar-refractivity contribution is 6.13. The van der Waals surface area contributed by atoms with E-state index in [9.17, 15) is 14.7 Å². The predicted molar refractivity (Wildman–Crippen MR) is 102 cm³/mol. The summed E-state index contributed by atoms with van der Waals surface area (Å²) in [6.45, 7) is 0. The molecule has 0 heterocycles. The predicted octanol–water partition coefficient (Wildman–Crippen LogP) is 4.13. The van der Waals surface area contributed by atoms with Gasteiger partial charge in [-0.3, -0.25) is 9.79 Å². The van der Waals surface area contributed by atoms with E-state index in [1.807, 2.05) is 60.7 Å². The summed E-state index contributed by atoms with van der Waals surface area (Å²) in [4.78, 5) is 28.7. The zero-order chi connectivity index (χ0) is 18.4. The Morgan fingerprint density at radius 2 is 1.54 bits per heavy atom. The molecule has 26 heavy (non-hydrogen) atoms. The molecule has 1 fully saturated rings. The molecule has 1 aliphatic carbocycles. The molecule has 1 N–H and O–H groups in total. The SMILES string of the molecule is O=C1CCCCC(C(N=C(c2ccccc2)c2ccccc2)C(=O)O)C1. The topological polar surface area (TPSA) is 66.7 Å². The first-order valence-corrected chi connectivity index (χ1v) is 9.08. The maximum atomic E-state index is 12.0. The third-order valence-electron chi connectivity index (χ3n) is 4.83. The standard InChI is InChI=1S/C22H23NO3/c24-19-14-8-7-13-18(15-19)21(22(25)26)23-20(16-9-3-1-4-10-16)17-11-5-2-6-12-17/h1-6,9-12,18,21H,7-8,13-15H2,(H,25,26). The van der Waals surface area contributed by atoms with E-state index in [-0.39, 0.29) is 11.7 Å². The summed E-state index contributed by atoms with van der Waals surface area (Å²) < 4.78 is 0. The normalized spacial score (nSPS) is 18.6. The van der Waals surface area contributed by atoms with Crippen LogP contribution in [0.3, 0.4) is 0 Å². The Balaban J connectivity index is 2.03. The molecular weight excluding hydrogens is 326 g/mol. The van der Waals surface area contributed by atoms with Crippen LogP contribution in [0, 0.1) is 5.92 Å². The number of ketones is 1. The Labute approximate surface area is 153 Å². The van der Waals surface area contributed by atoms with Crippen molar-refractivity contribution in [2.45, 2.75) is 38.1 Å². The molecule has 2 atom stereocenters. The van der Waals surface area contributed by atoms with Gasteiger partial charge in [-0.2, -0.15) is 0 Å². The number of hydrogen-bond acceptors (Lipinski definition) is 3. The highest BCUT2D eigenvalue weighted by Gasteiger charge is 2.31. The quantitative estimate of drug-likeness (QED) is 0.652. The van der Waals surface area contributed by atoms with Crippen molar-refractivity contribution in [1.29, 1.82) is 0 Å². The van der Waals surface area contributed by atoms with Crippen molar-refractivity contribution in [3.63, 3.8) is 0 Å². The number of carboxylic acids is 1. The third kappa shape index (κ3) is 4.45. The summed E-state index contributed by atoms with van der Waals surface area (Å²) in [6, 6.07) is 18.3. The number of carbonyl (C=O) groups excluding carboxylic acids is 1. The van der Waals surface area contributed by atoms with Crippen LogP contribution in [0.15, 0.2) is 65.7 Å². The maximum Gasteiger partial charge on any atom is 0.328 e. The van der Waals surface area contributed by atoms with Gasteiger partial charge in [0.15, 0.2) is 6.04 Å². The number of carboxylic acid groups (broad SMARTS) is 1. The molecule has 1 saturated carbocycles. The number of benzene rings is 2. The molecule has 0 aromatic heterocycles. The van der Waals surface area contributed by atoms with Gasteiger partial charge in [0, 0.05) is 24.0 Å². The van der Waals surface area contributed by atoms with E-state index < -0.39 is 12.0 Å². The number of Topliss-reactive ketones (excluding diaryl/α,β-unsaturated/α-hetero) is 1. The van der Waals surface area contributed by atoms with Crippen molar-refractivity contribution < 1.29 is 14.7 Å². The first-order chi connectivity index (χ1) is 12.6. The monoisotopic (exact) mass is 349 g/mol. The Morgan fingerprint density at radius 1 is 0.962 bits per heavy atom. The second-order valence-electron chi connectivity index (χ2n) is 6.74. The lowest BCUT2D eigenvalue weighted by atomic mass is 9.91. The van der Waals surface area contributed by atoms with E-state index in [0.29, 0.717) is 18.6 Å². The Morgan fingerprint density at radius 3 is 2.08 bits per heavy atom. The largest absolute Gasteiger partial charge is 0.480 e. The van der Waals surface area contributed by atoms with Gasteiger partial charge in [0.1, 0.15) is 5.78 Å². The number of aliphatic carboxylic acids is 1. The highest BCUT2D eigenvalue weighted by Crippen LogP contribution is 2.27. The van der Waals surface area contributed by atoms with E-state index in [1.54, 1.807) is 0 Å². The van der Waals surface area contributed by atoms with Crippen molar-refractivity contribution in [3.8, 4) is 0 Å². The molecule has 2 unspecified atom stereocenters. The zero-order valence-electron chi connectivity index (χ0n) is 14.7. The highest BCUT2D eigenvalue weighted by atomic mass is 16.4. The summed E-state index contributed by atoms with van der Waals surface area (Å²) in [7, 11) is 0. The molecule has 2 aromatic rings. The number of rotatable bonds is 5. The number of nitrogens with zero attached hydrogens (tertiary/aromatic N) is 1. The van der Waals surface area contributed by atoms with Crippen molar-refractivity contribution in [1.82, 2.24) is 0 Å². The van der Waals surface area contributed by atoms with Gasteiger partial charge >= 0.3 is 5.97 Å². The Hall–Kier alpha value is -2.75. The Kier molecular flexibility index (Phi) is 5.95. The van der Waals surface area contributed by atoms with Gasteiger partial charge in [-0.1, -0.05) is 67.1 Å². The van der Waals surface area contributed by atoms with E-state index in [4.69, 9.17) is 0 Å². The van der Waals surface area contributed by atoms with Crippen LogP contribution in [0.5, 0.6) is 0 Å². The van der Waals surface area contributed by atoms with Crippen molar-refractivity contribution >= 4 is 17.5 Å².